The van der Waals surface area contributed by atoms with E-state index in [1.165, 1.54) is 54.2 Å². The van der Waals surface area contributed by atoms with Crippen LogP contribution in [0.4, 0.5) is 0 Å². The zero-order valence-corrected chi connectivity index (χ0v) is 30.0. The summed E-state index contributed by atoms with van der Waals surface area (Å²) in [6.07, 6.45) is 8.26. The van der Waals surface area contributed by atoms with Gasteiger partial charge in [0.05, 0.1) is 16.4 Å². The summed E-state index contributed by atoms with van der Waals surface area (Å²) >= 11 is 0. The molecule has 236 valence electrons. The zero-order chi connectivity index (χ0) is 33.2. The summed E-state index contributed by atoms with van der Waals surface area (Å²) in [6, 6.07) is 43.2. The Morgan fingerprint density at radius 3 is 2.06 bits per heavy atom. The largest absolute Gasteiger partial charge is 0.253 e. The lowest BCUT2D eigenvalue weighted by Gasteiger charge is -2.33. The minimum atomic E-state index is -2.39. The van der Waals surface area contributed by atoms with Crippen LogP contribution in [0.15, 0.2) is 132 Å². The van der Waals surface area contributed by atoms with Crippen molar-refractivity contribution in [1.29, 1.82) is 0 Å². The van der Waals surface area contributed by atoms with Gasteiger partial charge < -0.3 is 0 Å². The van der Waals surface area contributed by atoms with Gasteiger partial charge in [-0.3, -0.25) is 9.97 Å². The summed E-state index contributed by atoms with van der Waals surface area (Å²) in [5, 5.41) is 19.8. The van der Waals surface area contributed by atoms with Crippen molar-refractivity contribution in [3.63, 3.8) is 0 Å². The molecule has 2 aliphatic heterocycles. The van der Waals surface area contributed by atoms with Crippen molar-refractivity contribution in [1.82, 2.24) is 9.97 Å². The summed E-state index contributed by atoms with van der Waals surface area (Å²) in [5.74, 6) is 2.12. The van der Waals surface area contributed by atoms with Gasteiger partial charge in [-0.1, -0.05) is 123 Å². The molecule has 1 aromatic heterocycles. The maximum Gasteiger partial charge on any atom is 0.187 e. The molecule has 2 aliphatic rings. The number of para-hydroxylation sites is 1. The number of rotatable bonds is 5. The molecule has 0 saturated heterocycles. The van der Waals surface area contributed by atoms with Crippen LogP contribution < -0.4 is 15.6 Å². The number of benzene rings is 6. The van der Waals surface area contributed by atoms with E-state index in [-0.39, 0.29) is 0 Å². The molecular formula is C43H36N4Si2. The van der Waals surface area contributed by atoms with Crippen LogP contribution >= 0.6 is 0 Å². The van der Waals surface area contributed by atoms with Crippen molar-refractivity contribution in [2.24, 2.45) is 10.2 Å². The number of hydrogen-bond donors (Lipinski definition) is 0. The summed E-state index contributed by atoms with van der Waals surface area (Å²) in [7, 11) is -4.45. The molecule has 0 amide bonds. The third-order valence-corrected chi connectivity index (χ3v) is 20.0. The van der Waals surface area contributed by atoms with Crippen molar-refractivity contribution in [3.8, 4) is 11.1 Å². The van der Waals surface area contributed by atoms with E-state index in [9.17, 15) is 0 Å². The number of aromatic nitrogens is 2. The lowest BCUT2D eigenvalue weighted by molar-refractivity contribution is 1.27. The average Bonchev–Trinajstić information content (AvgIpc) is 3.49. The van der Waals surface area contributed by atoms with E-state index in [2.05, 4.69) is 152 Å². The Balaban J connectivity index is 1.14. The molecule has 0 fully saturated rings. The van der Waals surface area contributed by atoms with Gasteiger partial charge in [0, 0.05) is 23.8 Å². The predicted molar refractivity (Wildman–Crippen MR) is 214 cm³/mol. The maximum absolute atomic E-state index is 4.75. The molecule has 49 heavy (non-hydrogen) atoms. The fourth-order valence-corrected chi connectivity index (χ4v) is 15.6. The normalized spacial score (nSPS) is 17.7. The molecule has 7 aromatic rings. The average molecular weight is 665 g/mol. The SMILES string of the molecule is CC[Si]1(CC)c2ccc(-c3ccc4cc5ccccc5cc4c3)cc2C=Cc2cc([Si]3(C)C=NN=C3c3cccc4nccnc34)ccc21. The van der Waals surface area contributed by atoms with Crippen molar-refractivity contribution in [2.45, 2.75) is 32.5 Å². The highest BCUT2D eigenvalue weighted by Gasteiger charge is 2.42. The second kappa shape index (κ2) is 11.4. The van der Waals surface area contributed by atoms with Gasteiger partial charge in [-0.15, -0.1) is 0 Å². The summed E-state index contributed by atoms with van der Waals surface area (Å²) in [6.45, 7) is 7.16. The highest BCUT2D eigenvalue weighted by molar-refractivity contribution is 7.31. The molecule has 6 heteroatoms. The lowest BCUT2D eigenvalue weighted by Crippen LogP contribution is -2.60. The predicted octanol–water partition coefficient (Wildman–Crippen LogP) is 8.54. The summed E-state index contributed by atoms with van der Waals surface area (Å²) < 4.78 is 0. The molecule has 6 aromatic carbocycles. The second-order valence-electron chi connectivity index (χ2n) is 13.6. The Hall–Kier alpha value is -5.31. The standard InChI is InChI=1S/C43H36N4Si2/c1-4-49(5-2)40-19-17-32(31-13-14-33-23-29-9-6-7-10-30(29)25-36(33)26-31)24-34(40)15-16-35-27-37(18-20-41(35)49)48(3)28-46-47-43(48)38-11-8-12-39-42(38)45-22-21-44-39/h6-28H,4-5H2,1-3H3. The third-order valence-electron chi connectivity index (χ3n) is 11.1. The Labute approximate surface area is 288 Å². The highest BCUT2D eigenvalue weighted by atomic mass is 28.3. The van der Waals surface area contributed by atoms with E-state index < -0.39 is 16.1 Å². The van der Waals surface area contributed by atoms with Crippen molar-refractivity contribution in [2.75, 3.05) is 0 Å². The van der Waals surface area contributed by atoms with Crippen molar-refractivity contribution < 1.29 is 0 Å². The van der Waals surface area contributed by atoms with Crippen molar-refractivity contribution >= 4 is 87.6 Å². The second-order valence-corrected chi connectivity index (χ2v) is 22.0. The van der Waals surface area contributed by atoms with Gasteiger partial charge >= 0.3 is 0 Å². The molecule has 3 heterocycles. The first kappa shape index (κ1) is 29.8. The quantitative estimate of drug-likeness (QED) is 0.137. The van der Waals surface area contributed by atoms with E-state index in [0.717, 1.165) is 34.0 Å². The van der Waals surface area contributed by atoms with E-state index in [1.54, 1.807) is 17.6 Å². The van der Waals surface area contributed by atoms with E-state index in [1.807, 2.05) is 6.07 Å². The van der Waals surface area contributed by atoms with Crippen LogP contribution in [0.25, 0.3) is 55.9 Å². The van der Waals surface area contributed by atoms with Crippen LogP contribution in [0, 0.1) is 0 Å². The van der Waals surface area contributed by atoms with Gasteiger partial charge in [0.2, 0.25) is 0 Å². The number of hydrogen-bond acceptors (Lipinski definition) is 4. The molecule has 0 N–H and O–H groups in total. The molecule has 0 spiro atoms. The molecule has 0 bridgehead atoms. The van der Waals surface area contributed by atoms with Crippen LogP contribution in [0.5, 0.6) is 0 Å². The van der Waals surface area contributed by atoms with Crippen LogP contribution in [0.2, 0.25) is 18.6 Å². The van der Waals surface area contributed by atoms with E-state index >= 15 is 0 Å². The van der Waals surface area contributed by atoms with Gasteiger partial charge in [-0.05, 0) is 89.7 Å². The number of nitrogens with zero attached hydrogens (tertiary/aromatic N) is 4. The molecule has 0 saturated carbocycles. The Kier molecular flexibility index (Phi) is 6.93. The lowest BCUT2D eigenvalue weighted by atomic mass is 9.97. The van der Waals surface area contributed by atoms with Gasteiger partial charge in [0.1, 0.15) is 8.07 Å². The van der Waals surface area contributed by atoms with E-state index in [0.29, 0.717) is 0 Å². The number of fused-ring (bicyclic) bond motifs is 5. The molecule has 1 atom stereocenters. The molecule has 0 radical (unpaired) electrons. The zero-order valence-electron chi connectivity index (χ0n) is 28.0. The molecule has 9 rings (SSSR count). The maximum atomic E-state index is 4.75. The fourth-order valence-electron chi connectivity index (χ4n) is 8.33. The Morgan fingerprint density at radius 2 is 1.27 bits per heavy atom. The Morgan fingerprint density at radius 1 is 0.592 bits per heavy atom. The van der Waals surface area contributed by atoms with Gasteiger partial charge in [-0.25, -0.2) is 0 Å². The monoisotopic (exact) mass is 664 g/mol. The fraction of sp³-hybridized carbons (Fsp3) is 0.116. The minimum Gasteiger partial charge on any atom is -0.253 e. The van der Waals surface area contributed by atoms with Crippen LogP contribution in [0.3, 0.4) is 0 Å². The summed E-state index contributed by atoms with van der Waals surface area (Å²) in [5.41, 5.74) is 8.02. The van der Waals surface area contributed by atoms with Gasteiger partial charge in [0.25, 0.3) is 0 Å². The summed E-state index contributed by atoms with van der Waals surface area (Å²) in [4.78, 5) is 9.26. The molecule has 0 aliphatic carbocycles. The first-order chi connectivity index (χ1) is 24.0. The van der Waals surface area contributed by atoms with Gasteiger partial charge in [-0.2, -0.15) is 10.2 Å². The van der Waals surface area contributed by atoms with Crippen LogP contribution in [-0.2, 0) is 0 Å². The van der Waals surface area contributed by atoms with Crippen LogP contribution in [0.1, 0.15) is 30.5 Å². The Bertz CT molecular complexity index is 2560. The van der Waals surface area contributed by atoms with E-state index in [4.69, 9.17) is 10.1 Å². The smallest absolute Gasteiger partial charge is 0.187 e. The molecule has 4 nitrogen and oxygen atoms in total. The molecular weight excluding hydrogens is 629 g/mol. The third kappa shape index (κ3) is 4.62. The topological polar surface area (TPSA) is 50.5 Å². The molecule has 1 unspecified atom stereocenters. The first-order valence-electron chi connectivity index (χ1n) is 17.2. The highest BCUT2D eigenvalue weighted by Crippen LogP contribution is 2.32. The van der Waals surface area contributed by atoms with Crippen LogP contribution in [-0.4, -0.2) is 37.3 Å². The minimum absolute atomic E-state index is 0.881. The first-order valence-corrected chi connectivity index (χ1v) is 22.2. The van der Waals surface area contributed by atoms with Crippen molar-refractivity contribution in [3.05, 3.63) is 138 Å². The van der Waals surface area contributed by atoms with Gasteiger partial charge in [0.15, 0.2) is 8.07 Å².